The Balaban J connectivity index is 1.53. The summed E-state index contributed by atoms with van der Waals surface area (Å²) in [5.74, 6) is 1.88. The molecule has 4 heteroatoms. The van der Waals surface area contributed by atoms with E-state index < -0.39 is 0 Å². The van der Waals surface area contributed by atoms with Crippen LogP contribution in [0.1, 0.15) is 0 Å². The van der Waals surface area contributed by atoms with E-state index in [-0.39, 0.29) is 6.71 Å². The van der Waals surface area contributed by atoms with E-state index >= 15 is 0 Å². The number of hydrogen-bond acceptors (Lipinski definition) is 2. The van der Waals surface area contributed by atoms with Crippen molar-refractivity contribution in [3.05, 3.63) is 97.1 Å². The van der Waals surface area contributed by atoms with Crippen LogP contribution in [0.5, 0.6) is 11.5 Å². The minimum atomic E-state index is 0.142. The van der Waals surface area contributed by atoms with Crippen LogP contribution in [-0.4, -0.2) is 11.3 Å². The molecule has 34 heavy (non-hydrogen) atoms. The molecule has 0 spiro atoms. The van der Waals surface area contributed by atoms with Crippen LogP contribution in [0.25, 0.3) is 49.4 Å². The Morgan fingerprint density at radius 1 is 0.618 bits per heavy atom. The standard InChI is InChI=1S/C30H16BNO2/c1-3-12-24-17(7-1)18-15-16-22-27(30(18)34-24)19-8-5-10-21-29(19)32(22)23-11-6-14-26-28(23)31(21)20-9-2-4-13-25(20)33-26/h1-16H. The molecule has 2 aliphatic heterocycles. The molecule has 4 heterocycles. The quantitative estimate of drug-likeness (QED) is 0.291. The molecule has 3 nitrogen and oxygen atoms in total. The summed E-state index contributed by atoms with van der Waals surface area (Å²) < 4.78 is 15.3. The van der Waals surface area contributed by atoms with Crippen molar-refractivity contribution in [3.8, 4) is 17.2 Å². The fourth-order valence-corrected chi connectivity index (χ4v) is 6.36. The molecular weight excluding hydrogens is 417 g/mol. The Morgan fingerprint density at radius 3 is 2.41 bits per heavy atom. The number of para-hydroxylation sites is 3. The first-order valence-corrected chi connectivity index (χ1v) is 11.7. The lowest BCUT2D eigenvalue weighted by Crippen LogP contribution is -2.58. The van der Waals surface area contributed by atoms with Gasteiger partial charge >= 0.3 is 0 Å². The van der Waals surface area contributed by atoms with Crippen molar-refractivity contribution in [2.75, 3.05) is 0 Å². The van der Waals surface area contributed by atoms with Crippen LogP contribution in [0.3, 0.4) is 0 Å². The molecular formula is C30H16BNO2. The van der Waals surface area contributed by atoms with E-state index in [1.54, 1.807) is 0 Å². The summed E-state index contributed by atoms with van der Waals surface area (Å²) >= 11 is 0. The Labute approximate surface area is 194 Å². The average molecular weight is 433 g/mol. The van der Waals surface area contributed by atoms with Gasteiger partial charge in [-0.1, -0.05) is 60.7 Å². The lowest BCUT2D eigenvalue weighted by molar-refractivity contribution is 0.487. The lowest BCUT2D eigenvalue weighted by Gasteiger charge is -2.33. The summed E-state index contributed by atoms with van der Waals surface area (Å²) in [4.78, 5) is 0. The molecule has 0 N–H and O–H groups in total. The maximum Gasteiger partial charge on any atom is 0.256 e. The van der Waals surface area contributed by atoms with Crippen LogP contribution < -0.4 is 21.1 Å². The summed E-state index contributed by atoms with van der Waals surface area (Å²) in [6, 6.07) is 34.3. The van der Waals surface area contributed by atoms with E-state index in [9.17, 15) is 0 Å². The van der Waals surface area contributed by atoms with Gasteiger partial charge in [0.05, 0.1) is 10.9 Å². The highest BCUT2D eigenvalue weighted by atomic mass is 16.5. The van der Waals surface area contributed by atoms with Crippen molar-refractivity contribution < 1.29 is 9.15 Å². The number of fused-ring (bicyclic) bond motifs is 11. The highest BCUT2D eigenvalue weighted by Crippen LogP contribution is 2.42. The number of hydrogen-bond donors (Lipinski definition) is 0. The van der Waals surface area contributed by atoms with Gasteiger partial charge in [0, 0.05) is 27.4 Å². The monoisotopic (exact) mass is 433 g/mol. The van der Waals surface area contributed by atoms with Crippen LogP contribution in [0.4, 0.5) is 0 Å². The van der Waals surface area contributed by atoms with Crippen molar-refractivity contribution in [3.63, 3.8) is 0 Å². The Kier molecular flexibility index (Phi) is 2.88. The Morgan fingerprint density at radius 2 is 1.41 bits per heavy atom. The van der Waals surface area contributed by atoms with E-state index in [2.05, 4.69) is 89.5 Å². The van der Waals surface area contributed by atoms with Crippen LogP contribution >= 0.6 is 0 Å². The molecule has 2 aromatic heterocycles. The maximum absolute atomic E-state index is 6.49. The number of ether oxygens (including phenoxy) is 1. The highest BCUT2D eigenvalue weighted by molar-refractivity contribution is 6.99. The van der Waals surface area contributed by atoms with Crippen molar-refractivity contribution >= 4 is 66.8 Å². The van der Waals surface area contributed by atoms with Gasteiger partial charge in [-0.3, -0.25) is 0 Å². The van der Waals surface area contributed by atoms with Gasteiger partial charge in [0.15, 0.2) is 0 Å². The van der Waals surface area contributed by atoms with E-state index in [4.69, 9.17) is 9.15 Å². The molecule has 0 bridgehead atoms. The fraction of sp³-hybridized carbons (Fsp3) is 0. The molecule has 0 unspecified atom stereocenters. The van der Waals surface area contributed by atoms with E-state index in [1.807, 2.05) is 12.1 Å². The molecule has 5 aromatic carbocycles. The van der Waals surface area contributed by atoms with Gasteiger partial charge in [0.1, 0.15) is 22.7 Å². The summed E-state index contributed by atoms with van der Waals surface area (Å²) in [5, 5.41) is 4.73. The molecule has 9 rings (SSSR count). The third-order valence-electron chi connectivity index (χ3n) is 7.66. The number of furan rings is 1. The summed E-state index contributed by atoms with van der Waals surface area (Å²) in [6.07, 6.45) is 0. The van der Waals surface area contributed by atoms with Gasteiger partial charge in [-0.05, 0) is 52.8 Å². The summed E-state index contributed by atoms with van der Waals surface area (Å²) in [7, 11) is 0. The molecule has 156 valence electrons. The predicted molar refractivity (Wildman–Crippen MR) is 139 cm³/mol. The summed E-state index contributed by atoms with van der Waals surface area (Å²) in [5.41, 5.74) is 9.28. The predicted octanol–water partition coefficient (Wildman–Crippen LogP) is 5.62. The van der Waals surface area contributed by atoms with Crippen molar-refractivity contribution in [1.29, 1.82) is 0 Å². The smallest absolute Gasteiger partial charge is 0.256 e. The van der Waals surface area contributed by atoms with Crippen LogP contribution in [0.15, 0.2) is 101 Å². The van der Waals surface area contributed by atoms with Gasteiger partial charge in [0.2, 0.25) is 0 Å². The van der Waals surface area contributed by atoms with E-state index in [0.717, 1.165) is 33.4 Å². The molecule has 2 aliphatic rings. The second-order valence-electron chi connectivity index (χ2n) is 9.28. The van der Waals surface area contributed by atoms with Gasteiger partial charge in [-0.25, -0.2) is 0 Å². The number of benzene rings is 5. The summed E-state index contributed by atoms with van der Waals surface area (Å²) in [6.45, 7) is 0.142. The van der Waals surface area contributed by atoms with Crippen molar-refractivity contribution in [1.82, 2.24) is 4.57 Å². The SMILES string of the molecule is c1ccc2c(c1)Oc1cccc3c1B2c1cccc2c4c5oc6ccccc6c5ccc4n-3c12. The molecule has 0 aliphatic carbocycles. The molecule has 7 aromatic rings. The molecule has 0 radical (unpaired) electrons. The van der Waals surface area contributed by atoms with E-state index in [0.29, 0.717) is 0 Å². The second-order valence-corrected chi connectivity index (χ2v) is 9.28. The lowest BCUT2D eigenvalue weighted by atomic mass is 9.34. The number of nitrogens with zero attached hydrogens (tertiary/aromatic N) is 1. The molecule has 0 amide bonds. The first-order chi connectivity index (χ1) is 16.9. The van der Waals surface area contributed by atoms with Gasteiger partial charge in [0.25, 0.3) is 6.71 Å². The van der Waals surface area contributed by atoms with Crippen LogP contribution in [0.2, 0.25) is 0 Å². The molecule has 0 fully saturated rings. The normalized spacial score (nSPS) is 13.5. The minimum Gasteiger partial charge on any atom is -0.458 e. The van der Waals surface area contributed by atoms with Gasteiger partial charge in [-0.15, -0.1) is 0 Å². The van der Waals surface area contributed by atoms with Crippen molar-refractivity contribution in [2.24, 2.45) is 0 Å². The van der Waals surface area contributed by atoms with Crippen LogP contribution in [-0.2, 0) is 0 Å². The fourth-order valence-electron chi connectivity index (χ4n) is 6.36. The van der Waals surface area contributed by atoms with E-state index in [1.165, 1.54) is 43.9 Å². The highest BCUT2D eigenvalue weighted by Gasteiger charge is 2.40. The van der Waals surface area contributed by atoms with Gasteiger partial charge < -0.3 is 13.7 Å². The largest absolute Gasteiger partial charge is 0.458 e. The average Bonchev–Trinajstić information content (AvgIpc) is 3.43. The number of rotatable bonds is 0. The van der Waals surface area contributed by atoms with Crippen LogP contribution in [0, 0.1) is 0 Å². The molecule has 0 atom stereocenters. The maximum atomic E-state index is 6.49. The first kappa shape index (κ1) is 17.1. The van der Waals surface area contributed by atoms with Gasteiger partial charge in [-0.2, -0.15) is 0 Å². The topological polar surface area (TPSA) is 27.3 Å². The molecule has 0 saturated carbocycles. The second kappa shape index (κ2) is 5.73. The third kappa shape index (κ3) is 1.85. The zero-order valence-corrected chi connectivity index (χ0v) is 18.1. The zero-order valence-electron chi connectivity index (χ0n) is 18.1. The van der Waals surface area contributed by atoms with Crippen molar-refractivity contribution in [2.45, 2.75) is 0 Å². The minimum absolute atomic E-state index is 0.142. The zero-order chi connectivity index (χ0) is 22.0. The third-order valence-corrected chi connectivity index (χ3v) is 7.66. The first-order valence-electron chi connectivity index (χ1n) is 11.7. The number of aromatic nitrogens is 1. The molecule has 0 saturated heterocycles. The Hall–Kier alpha value is -4.44. The Bertz CT molecular complexity index is 2010.